The first-order valence-corrected chi connectivity index (χ1v) is 7.74. The monoisotopic (exact) mass is 287 g/mol. The highest BCUT2D eigenvalue weighted by molar-refractivity contribution is 7.89. The summed E-state index contributed by atoms with van der Waals surface area (Å²) in [5.74, 6) is -0.411. The summed E-state index contributed by atoms with van der Waals surface area (Å²) in [7, 11) is -2.05. The van der Waals surface area contributed by atoms with Crippen molar-refractivity contribution in [1.82, 2.24) is 4.31 Å². The molecule has 0 bridgehead atoms. The predicted octanol–water partition coefficient (Wildman–Crippen LogP) is 3.25. The molecule has 0 amide bonds. The fraction of sp³-hybridized carbons (Fsp3) is 0.571. The minimum absolute atomic E-state index is 0.206. The van der Waals surface area contributed by atoms with E-state index in [1.54, 1.807) is 20.9 Å². The van der Waals surface area contributed by atoms with Crippen LogP contribution in [0.2, 0.25) is 0 Å². The zero-order valence-corrected chi connectivity index (χ0v) is 13.2. The van der Waals surface area contributed by atoms with Gasteiger partial charge in [-0.25, -0.2) is 12.8 Å². The highest BCUT2D eigenvalue weighted by atomic mass is 32.2. The second kappa shape index (κ2) is 5.21. The molecule has 0 radical (unpaired) electrons. The molecular weight excluding hydrogens is 265 g/mol. The fourth-order valence-corrected chi connectivity index (χ4v) is 3.97. The number of hydrogen-bond donors (Lipinski definition) is 0. The maximum Gasteiger partial charge on any atom is 0.243 e. The maximum absolute atomic E-state index is 13.3. The van der Waals surface area contributed by atoms with Crippen LogP contribution < -0.4 is 0 Å². The molecule has 0 fully saturated rings. The van der Waals surface area contributed by atoms with Crippen LogP contribution in [0.4, 0.5) is 4.39 Å². The summed E-state index contributed by atoms with van der Waals surface area (Å²) in [6.07, 6.45) is 0.696. The number of aryl methyl sites for hydroxylation is 2. The van der Waals surface area contributed by atoms with Crippen LogP contribution in [-0.4, -0.2) is 25.3 Å². The van der Waals surface area contributed by atoms with Gasteiger partial charge in [0.2, 0.25) is 10.0 Å². The molecule has 0 heterocycles. The Labute approximate surface area is 115 Å². The standard InChI is InChI=1S/C14H22FNO2S/c1-7-14(4,5)16(6)19(17,18)13-10(2)8-12(15)9-11(13)3/h8-9H,7H2,1-6H3. The lowest BCUT2D eigenvalue weighted by atomic mass is 10.0. The fourth-order valence-electron chi connectivity index (χ4n) is 1.99. The van der Waals surface area contributed by atoms with E-state index in [1.807, 2.05) is 20.8 Å². The van der Waals surface area contributed by atoms with Crippen molar-refractivity contribution in [3.8, 4) is 0 Å². The molecule has 0 aliphatic heterocycles. The topological polar surface area (TPSA) is 37.4 Å². The van der Waals surface area contributed by atoms with E-state index in [4.69, 9.17) is 0 Å². The van der Waals surface area contributed by atoms with Gasteiger partial charge in [0.05, 0.1) is 4.90 Å². The molecule has 1 aromatic rings. The molecule has 0 saturated heterocycles. The van der Waals surface area contributed by atoms with E-state index in [1.165, 1.54) is 16.4 Å². The summed E-state index contributed by atoms with van der Waals surface area (Å²) in [6, 6.07) is 2.51. The van der Waals surface area contributed by atoms with Crippen molar-refractivity contribution in [2.24, 2.45) is 0 Å². The van der Waals surface area contributed by atoms with Gasteiger partial charge in [-0.15, -0.1) is 0 Å². The minimum atomic E-state index is -3.62. The van der Waals surface area contributed by atoms with E-state index in [0.717, 1.165) is 0 Å². The van der Waals surface area contributed by atoms with Crippen molar-refractivity contribution >= 4 is 10.0 Å². The summed E-state index contributed by atoms with van der Waals surface area (Å²) in [6.45, 7) is 8.93. The molecule has 1 rings (SSSR count). The van der Waals surface area contributed by atoms with Crippen LogP contribution >= 0.6 is 0 Å². The molecule has 0 aliphatic rings. The molecule has 108 valence electrons. The van der Waals surface area contributed by atoms with Crippen molar-refractivity contribution in [2.75, 3.05) is 7.05 Å². The molecule has 0 aliphatic carbocycles. The first-order chi connectivity index (χ1) is 8.54. The third-order valence-electron chi connectivity index (χ3n) is 3.76. The van der Waals surface area contributed by atoms with Crippen molar-refractivity contribution < 1.29 is 12.8 Å². The second-order valence-corrected chi connectivity index (χ2v) is 7.41. The Morgan fingerprint density at radius 3 is 2.00 bits per heavy atom. The minimum Gasteiger partial charge on any atom is -0.207 e. The van der Waals surface area contributed by atoms with Gasteiger partial charge in [-0.1, -0.05) is 6.92 Å². The average molecular weight is 287 g/mol. The van der Waals surface area contributed by atoms with E-state index >= 15 is 0 Å². The van der Waals surface area contributed by atoms with E-state index in [-0.39, 0.29) is 4.90 Å². The van der Waals surface area contributed by atoms with Gasteiger partial charge in [0.1, 0.15) is 5.82 Å². The van der Waals surface area contributed by atoms with Gasteiger partial charge in [-0.05, 0) is 57.4 Å². The van der Waals surface area contributed by atoms with E-state index in [9.17, 15) is 12.8 Å². The molecule has 0 atom stereocenters. The molecule has 3 nitrogen and oxygen atoms in total. The average Bonchev–Trinajstić information content (AvgIpc) is 2.26. The van der Waals surface area contributed by atoms with E-state index in [2.05, 4.69) is 0 Å². The zero-order valence-electron chi connectivity index (χ0n) is 12.4. The Kier molecular flexibility index (Phi) is 4.42. The predicted molar refractivity (Wildman–Crippen MR) is 75.2 cm³/mol. The first-order valence-electron chi connectivity index (χ1n) is 6.30. The molecule has 0 saturated carbocycles. The molecule has 1 aromatic carbocycles. The lowest BCUT2D eigenvalue weighted by molar-refractivity contribution is 0.257. The number of rotatable bonds is 4. The molecular formula is C14H22FNO2S. The van der Waals surface area contributed by atoms with Crippen LogP contribution in [0.3, 0.4) is 0 Å². The van der Waals surface area contributed by atoms with Gasteiger partial charge in [-0.2, -0.15) is 4.31 Å². The van der Waals surface area contributed by atoms with Crippen LogP contribution in [0.1, 0.15) is 38.3 Å². The Morgan fingerprint density at radius 2 is 1.63 bits per heavy atom. The smallest absolute Gasteiger partial charge is 0.207 e. The largest absolute Gasteiger partial charge is 0.243 e. The van der Waals surface area contributed by atoms with Crippen LogP contribution in [0.5, 0.6) is 0 Å². The molecule has 19 heavy (non-hydrogen) atoms. The van der Waals surface area contributed by atoms with Crippen LogP contribution in [0, 0.1) is 19.7 Å². The van der Waals surface area contributed by atoms with Crippen molar-refractivity contribution in [3.63, 3.8) is 0 Å². The third-order valence-corrected chi connectivity index (χ3v) is 6.14. The summed E-state index contributed by atoms with van der Waals surface area (Å²) < 4.78 is 40.0. The molecule has 0 aromatic heterocycles. The quantitative estimate of drug-likeness (QED) is 0.852. The first kappa shape index (κ1) is 16.1. The zero-order chi connectivity index (χ0) is 15.0. The lowest BCUT2D eigenvalue weighted by Gasteiger charge is -2.34. The number of benzene rings is 1. The molecule has 0 spiro atoms. The summed E-state index contributed by atoms with van der Waals surface area (Å²) in [5, 5.41) is 0. The lowest BCUT2D eigenvalue weighted by Crippen LogP contribution is -2.44. The van der Waals surface area contributed by atoms with Crippen LogP contribution in [-0.2, 0) is 10.0 Å². The second-order valence-electron chi connectivity index (χ2n) is 5.51. The van der Waals surface area contributed by atoms with Gasteiger partial charge >= 0.3 is 0 Å². The maximum atomic E-state index is 13.3. The summed E-state index contributed by atoms with van der Waals surface area (Å²) in [4.78, 5) is 0.206. The van der Waals surface area contributed by atoms with E-state index < -0.39 is 21.4 Å². The van der Waals surface area contributed by atoms with Crippen LogP contribution in [0.25, 0.3) is 0 Å². The van der Waals surface area contributed by atoms with Crippen molar-refractivity contribution in [1.29, 1.82) is 0 Å². The molecule has 0 unspecified atom stereocenters. The molecule has 0 N–H and O–H groups in total. The number of halogens is 1. The number of hydrogen-bond acceptors (Lipinski definition) is 2. The SMILES string of the molecule is CCC(C)(C)N(C)S(=O)(=O)c1c(C)cc(F)cc1C. The van der Waals surface area contributed by atoms with Crippen molar-refractivity contribution in [2.45, 2.75) is 51.5 Å². The normalized spacial score (nSPS) is 13.1. The Morgan fingerprint density at radius 1 is 1.21 bits per heavy atom. The van der Waals surface area contributed by atoms with Gasteiger partial charge < -0.3 is 0 Å². The Bertz CT molecular complexity index is 556. The number of sulfonamides is 1. The Hall–Kier alpha value is -0.940. The van der Waals surface area contributed by atoms with Crippen LogP contribution in [0.15, 0.2) is 17.0 Å². The highest BCUT2D eigenvalue weighted by Gasteiger charge is 2.34. The summed E-state index contributed by atoms with van der Waals surface area (Å²) >= 11 is 0. The summed E-state index contributed by atoms with van der Waals surface area (Å²) in [5.41, 5.74) is 0.402. The Balaban J connectivity index is 3.45. The highest BCUT2D eigenvalue weighted by Crippen LogP contribution is 2.29. The van der Waals surface area contributed by atoms with Gasteiger partial charge in [0.15, 0.2) is 0 Å². The third kappa shape index (κ3) is 2.98. The van der Waals surface area contributed by atoms with Gasteiger partial charge in [0.25, 0.3) is 0 Å². The van der Waals surface area contributed by atoms with E-state index in [0.29, 0.717) is 17.5 Å². The van der Waals surface area contributed by atoms with Gasteiger partial charge in [-0.3, -0.25) is 0 Å². The van der Waals surface area contributed by atoms with Crippen molar-refractivity contribution in [3.05, 3.63) is 29.1 Å². The number of nitrogens with zero attached hydrogens (tertiary/aromatic N) is 1. The van der Waals surface area contributed by atoms with Gasteiger partial charge in [0, 0.05) is 12.6 Å². The molecule has 5 heteroatoms.